The summed E-state index contributed by atoms with van der Waals surface area (Å²) in [5.74, 6) is -1.49. The second-order valence-corrected chi connectivity index (χ2v) is 4.80. The second kappa shape index (κ2) is 6.79. The predicted molar refractivity (Wildman–Crippen MR) is 76.9 cm³/mol. The summed E-state index contributed by atoms with van der Waals surface area (Å²) in [5, 5.41) is 17.1. The van der Waals surface area contributed by atoms with Crippen molar-refractivity contribution >= 4 is 11.6 Å². The summed E-state index contributed by atoms with van der Waals surface area (Å²) < 4.78 is 15.4. The van der Waals surface area contributed by atoms with Crippen molar-refractivity contribution in [2.75, 3.05) is 6.54 Å². The molecule has 8 heteroatoms. The van der Waals surface area contributed by atoms with Crippen molar-refractivity contribution < 1.29 is 14.1 Å². The maximum atomic E-state index is 13.7. The molecule has 0 fully saturated rings. The van der Waals surface area contributed by atoms with Gasteiger partial charge in [0.1, 0.15) is 5.82 Å². The molecule has 0 bridgehead atoms. The lowest BCUT2D eigenvalue weighted by molar-refractivity contribution is -0.385. The average Bonchev–Trinajstić information content (AvgIpc) is 2.88. The van der Waals surface area contributed by atoms with Crippen LogP contribution in [0.1, 0.15) is 22.3 Å². The second-order valence-electron chi connectivity index (χ2n) is 4.80. The quantitative estimate of drug-likeness (QED) is 0.501. The molecule has 7 nitrogen and oxygen atoms in total. The van der Waals surface area contributed by atoms with E-state index in [1.807, 2.05) is 13.2 Å². The van der Waals surface area contributed by atoms with Gasteiger partial charge in [-0.25, -0.2) is 4.39 Å². The highest BCUT2D eigenvalue weighted by Crippen LogP contribution is 2.16. The highest BCUT2D eigenvalue weighted by molar-refractivity contribution is 5.94. The number of nitrogens with zero attached hydrogens (tertiary/aromatic N) is 3. The largest absolute Gasteiger partial charge is 0.352 e. The van der Waals surface area contributed by atoms with Crippen molar-refractivity contribution in [3.63, 3.8) is 0 Å². The Balaban J connectivity index is 1.85. The number of carbonyl (C=O) groups is 1. The van der Waals surface area contributed by atoms with Crippen LogP contribution in [0.15, 0.2) is 30.6 Å². The van der Waals surface area contributed by atoms with Crippen molar-refractivity contribution in [1.29, 1.82) is 0 Å². The Labute approximate surface area is 125 Å². The molecule has 22 heavy (non-hydrogen) atoms. The minimum atomic E-state index is -0.904. The molecule has 1 N–H and O–H groups in total. The lowest BCUT2D eigenvalue weighted by Crippen LogP contribution is -2.25. The van der Waals surface area contributed by atoms with Gasteiger partial charge in [-0.1, -0.05) is 0 Å². The molecule has 0 radical (unpaired) electrons. The molecule has 0 aliphatic rings. The molecule has 0 saturated carbocycles. The molecule has 0 spiro atoms. The maximum absolute atomic E-state index is 13.7. The molecule has 0 saturated heterocycles. The number of aryl methyl sites for hydroxylation is 2. The molecule has 116 valence electrons. The van der Waals surface area contributed by atoms with Crippen LogP contribution in [-0.4, -0.2) is 27.2 Å². The van der Waals surface area contributed by atoms with E-state index in [1.165, 1.54) is 0 Å². The summed E-state index contributed by atoms with van der Waals surface area (Å²) in [6.07, 6.45) is 5.07. The summed E-state index contributed by atoms with van der Waals surface area (Å²) in [5.41, 5.74) is 0.468. The third-order valence-electron chi connectivity index (χ3n) is 3.09. The Morgan fingerprint density at radius 2 is 2.27 bits per heavy atom. The van der Waals surface area contributed by atoms with E-state index in [-0.39, 0.29) is 11.3 Å². The van der Waals surface area contributed by atoms with Gasteiger partial charge in [-0.2, -0.15) is 5.10 Å². The van der Waals surface area contributed by atoms with E-state index >= 15 is 0 Å². The van der Waals surface area contributed by atoms with Crippen LogP contribution in [0.4, 0.5) is 10.1 Å². The molecule has 0 atom stereocenters. The van der Waals surface area contributed by atoms with Crippen LogP contribution in [0.3, 0.4) is 0 Å². The van der Waals surface area contributed by atoms with Gasteiger partial charge in [0.05, 0.1) is 22.7 Å². The zero-order valence-electron chi connectivity index (χ0n) is 12.0. The number of carbonyl (C=O) groups excluding carboxylic acids is 1. The first kappa shape index (κ1) is 15.6. The first-order valence-electron chi connectivity index (χ1n) is 6.67. The number of nitro groups is 1. The molecular formula is C14H15FN4O3. The molecule has 0 unspecified atom stereocenters. The number of nitro benzene ring substituents is 1. The minimum Gasteiger partial charge on any atom is -0.352 e. The zero-order chi connectivity index (χ0) is 16.1. The number of hydrogen-bond acceptors (Lipinski definition) is 4. The Morgan fingerprint density at radius 3 is 2.86 bits per heavy atom. The van der Waals surface area contributed by atoms with E-state index in [9.17, 15) is 19.3 Å². The fourth-order valence-electron chi connectivity index (χ4n) is 1.99. The molecule has 2 rings (SSSR count). The molecule has 1 aromatic carbocycles. The van der Waals surface area contributed by atoms with Crippen LogP contribution in [-0.2, 0) is 13.5 Å². The number of rotatable bonds is 6. The van der Waals surface area contributed by atoms with E-state index in [0.29, 0.717) is 13.0 Å². The Bertz CT molecular complexity index is 699. The topological polar surface area (TPSA) is 90.1 Å². The van der Waals surface area contributed by atoms with E-state index in [0.717, 1.165) is 30.2 Å². The van der Waals surface area contributed by atoms with Gasteiger partial charge in [-0.3, -0.25) is 19.6 Å². The van der Waals surface area contributed by atoms with Crippen molar-refractivity contribution in [3.05, 3.63) is 57.7 Å². The van der Waals surface area contributed by atoms with Gasteiger partial charge in [0.25, 0.3) is 11.6 Å². The van der Waals surface area contributed by atoms with Gasteiger partial charge < -0.3 is 5.32 Å². The summed E-state index contributed by atoms with van der Waals surface area (Å²) in [6, 6.07) is 2.96. The summed E-state index contributed by atoms with van der Waals surface area (Å²) >= 11 is 0. The molecular weight excluding hydrogens is 291 g/mol. The molecule has 0 aliphatic heterocycles. The zero-order valence-corrected chi connectivity index (χ0v) is 12.0. The van der Waals surface area contributed by atoms with E-state index in [1.54, 1.807) is 10.9 Å². The van der Waals surface area contributed by atoms with E-state index < -0.39 is 16.6 Å². The van der Waals surface area contributed by atoms with Gasteiger partial charge in [0.2, 0.25) is 0 Å². The number of amides is 1. The van der Waals surface area contributed by atoms with E-state index in [2.05, 4.69) is 10.4 Å². The number of aromatic nitrogens is 2. The van der Waals surface area contributed by atoms with Crippen molar-refractivity contribution in [2.24, 2.45) is 7.05 Å². The first-order valence-corrected chi connectivity index (χ1v) is 6.67. The van der Waals surface area contributed by atoms with Gasteiger partial charge in [-0.05, 0) is 24.5 Å². The Morgan fingerprint density at radius 1 is 1.50 bits per heavy atom. The van der Waals surface area contributed by atoms with E-state index in [4.69, 9.17) is 0 Å². The van der Waals surface area contributed by atoms with Gasteiger partial charge in [0, 0.05) is 25.9 Å². The average molecular weight is 306 g/mol. The third-order valence-corrected chi connectivity index (χ3v) is 3.09. The van der Waals surface area contributed by atoms with Crippen molar-refractivity contribution in [2.45, 2.75) is 12.8 Å². The van der Waals surface area contributed by atoms with Crippen molar-refractivity contribution in [3.8, 4) is 0 Å². The molecule has 1 amide bonds. The number of non-ortho nitro benzene ring substituents is 1. The third kappa shape index (κ3) is 3.87. The number of nitrogens with one attached hydrogen (secondary N) is 1. The molecule has 1 aromatic heterocycles. The predicted octanol–water partition coefficient (Wildman–Crippen LogP) is 1.83. The van der Waals surface area contributed by atoms with Crippen LogP contribution in [0, 0.1) is 15.9 Å². The smallest absolute Gasteiger partial charge is 0.272 e. The molecule has 1 heterocycles. The van der Waals surface area contributed by atoms with Gasteiger partial charge >= 0.3 is 0 Å². The fourth-order valence-corrected chi connectivity index (χ4v) is 1.99. The van der Waals surface area contributed by atoms with Crippen LogP contribution in [0.25, 0.3) is 0 Å². The Hall–Kier alpha value is -2.77. The lowest BCUT2D eigenvalue weighted by atomic mass is 10.1. The highest BCUT2D eigenvalue weighted by Gasteiger charge is 2.15. The van der Waals surface area contributed by atoms with Gasteiger partial charge in [-0.15, -0.1) is 0 Å². The first-order chi connectivity index (χ1) is 10.5. The maximum Gasteiger partial charge on any atom is 0.272 e. The summed E-state index contributed by atoms with van der Waals surface area (Å²) in [7, 11) is 1.82. The molecule has 2 aromatic rings. The number of benzene rings is 1. The SMILES string of the molecule is Cn1cc(CCCNC(=O)c2ccc([N+](=O)[O-])cc2F)cn1. The standard InChI is InChI=1S/C14H15FN4O3/c1-18-9-10(8-17-18)3-2-6-16-14(20)12-5-4-11(19(21)22)7-13(12)15/h4-5,7-9H,2-3,6H2,1H3,(H,16,20). The molecule has 0 aliphatic carbocycles. The normalized spacial score (nSPS) is 10.5. The van der Waals surface area contributed by atoms with Gasteiger partial charge in [0.15, 0.2) is 0 Å². The minimum absolute atomic E-state index is 0.202. The fraction of sp³-hybridized carbons (Fsp3) is 0.286. The monoisotopic (exact) mass is 306 g/mol. The highest BCUT2D eigenvalue weighted by atomic mass is 19.1. The van der Waals surface area contributed by atoms with Crippen LogP contribution in [0.5, 0.6) is 0 Å². The van der Waals surface area contributed by atoms with Crippen molar-refractivity contribution in [1.82, 2.24) is 15.1 Å². The number of halogens is 1. The van der Waals surface area contributed by atoms with Crippen LogP contribution in [0.2, 0.25) is 0 Å². The Kier molecular flexibility index (Phi) is 4.82. The lowest BCUT2D eigenvalue weighted by Gasteiger charge is -2.05. The summed E-state index contributed by atoms with van der Waals surface area (Å²) in [6.45, 7) is 0.379. The van der Waals surface area contributed by atoms with Crippen LogP contribution < -0.4 is 5.32 Å². The summed E-state index contributed by atoms with van der Waals surface area (Å²) in [4.78, 5) is 21.6. The van der Waals surface area contributed by atoms with Crippen LogP contribution >= 0.6 is 0 Å². The number of hydrogen-bond donors (Lipinski definition) is 1.